The van der Waals surface area contributed by atoms with Crippen LogP contribution >= 0.6 is 0 Å². The second-order valence-electron chi connectivity index (χ2n) is 5.57. The van der Waals surface area contributed by atoms with Crippen LogP contribution < -0.4 is 16.6 Å². The molecule has 1 saturated heterocycles. The Kier molecular flexibility index (Phi) is 5.14. The van der Waals surface area contributed by atoms with E-state index in [0.29, 0.717) is 5.82 Å². The third-order valence-electron chi connectivity index (χ3n) is 3.59. The molecule has 0 aliphatic carbocycles. The molecule has 1 unspecified atom stereocenters. The monoisotopic (exact) mass is 279 g/mol. The number of rotatable bonds is 5. The van der Waals surface area contributed by atoms with Crippen molar-refractivity contribution >= 4 is 11.6 Å². The Balaban J connectivity index is 2.10. The maximum atomic E-state index is 5.73. The summed E-state index contributed by atoms with van der Waals surface area (Å²) in [7, 11) is 0. The fourth-order valence-corrected chi connectivity index (χ4v) is 2.28. The molecule has 2 heterocycles. The normalized spacial score (nSPS) is 19.1. The van der Waals surface area contributed by atoms with E-state index in [-0.39, 0.29) is 12.0 Å². The average molecular weight is 279 g/mol. The van der Waals surface area contributed by atoms with Crippen molar-refractivity contribution in [3.05, 3.63) is 11.4 Å². The minimum absolute atomic E-state index is 0.259. The van der Waals surface area contributed by atoms with Crippen LogP contribution in [0.2, 0.25) is 0 Å². The Morgan fingerprint density at radius 3 is 2.65 bits per heavy atom. The van der Waals surface area contributed by atoms with E-state index in [1.54, 1.807) is 0 Å². The molecular formula is C14H25N5O. The molecule has 1 aromatic rings. The second kappa shape index (κ2) is 6.85. The number of nitrogens with one attached hydrogen (secondary N) is 2. The fourth-order valence-electron chi connectivity index (χ4n) is 2.28. The number of hydrogen-bond acceptors (Lipinski definition) is 6. The van der Waals surface area contributed by atoms with Gasteiger partial charge in [0.25, 0.3) is 0 Å². The molecule has 0 saturated carbocycles. The summed E-state index contributed by atoms with van der Waals surface area (Å²) < 4.78 is 5.73. The maximum absolute atomic E-state index is 5.73. The van der Waals surface area contributed by atoms with Crippen LogP contribution in [0.15, 0.2) is 0 Å². The Morgan fingerprint density at radius 2 is 2.05 bits per heavy atom. The first-order valence-electron chi connectivity index (χ1n) is 7.32. The molecule has 4 N–H and O–H groups in total. The highest BCUT2D eigenvalue weighted by molar-refractivity contribution is 5.56. The Labute approximate surface area is 120 Å². The first-order valence-corrected chi connectivity index (χ1v) is 7.32. The number of ether oxygens (including phenoxy) is 1. The van der Waals surface area contributed by atoms with Crippen molar-refractivity contribution in [3.8, 4) is 0 Å². The first kappa shape index (κ1) is 15.0. The summed E-state index contributed by atoms with van der Waals surface area (Å²) in [5.41, 5.74) is 3.58. The van der Waals surface area contributed by atoms with Gasteiger partial charge in [-0.3, -0.25) is 0 Å². The van der Waals surface area contributed by atoms with Crippen LogP contribution in [0.1, 0.15) is 50.4 Å². The van der Waals surface area contributed by atoms with Crippen LogP contribution in [0.4, 0.5) is 11.6 Å². The molecule has 0 bridgehead atoms. The lowest BCUT2D eigenvalue weighted by Gasteiger charge is -2.23. The number of aromatic nitrogens is 2. The van der Waals surface area contributed by atoms with E-state index in [1.165, 1.54) is 12.8 Å². The minimum atomic E-state index is 0.259. The van der Waals surface area contributed by atoms with Gasteiger partial charge in [0.2, 0.25) is 0 Å². The van der Waals surface area contributed by atoms with Crippen molar-refractivity contribution in [2.75, 3.05) is 23.9 Å². The lowest BCUT2D eigenvalue weighted by Crippen LogP contribution is -2.28. The van der Waals surface area contributed by atoms with Gasteiger partial charge in [-0.1, -0.05) is 13.8 Å². The lowest BCUT2D eigenvalue weighted by molar-refractivity contribution is 0.0247. The van der Waals surface area contributed by atoms with Gasteiger partial charge in [0.15, 0.2) is 0 Å². The highest BCUT2D eigenvalue weighted by atomic mass is 16.5. The van der Waals surface area contributed by atoms with E-state index >= 15 is 0 Å². The van der Waals surface area contributed by atoms with Crippen LogP contribution in [-0.2, 0) is 4.74 Å². The first-order chi connectivity index (χ1) is 9.61. The van der Waals surface area contributed by atoms with Crippen molar-refractivity contribution in [1.29, 1.82) is 0 Å². The van der Waals surface area contributed by atoms with Crippen molar-refractivity contribution in [3.63, 3.8) is 0 Å². The van der Waals surface area contributed by atoms with Crippen molar-refractivity contribution in [2.45, 2.75) is 52.1 Å². The van der Waals surface area contributed by atoms with Gasteiger partial charge < -0.3 is 15.5 Å². The molecule has 0 radical (unpaired) electrons. The van der Waals surface area contributed by atoms with E-state index in [4.69, 9.17) is 10.6 Å². The third-order valence-corrected chi connectivity index (χ3v) is 3.59. The van der Waals surface area contributed by atoms with Gasteiger partial charge in [-0.25, -0.2) is 15.8 Å². The quantitative estimate of drug-likeness (QED) is 0.566. The van der Waals surface area contributed by atoms with Gasteiger partial charge in [-0.05, 0) is 26.2 Å². The van der Waals surface area contributed by atoms with Crippen LogP contribution in [0.5, 0.6) is 0 Å². The molecule has 1 fully saturated rings. The zero-order valence-corrected chi connectivity index (χ0v) is 12.6. The largest absolute Gasteiger partial charge is 0.376 e. The molecule has 0 amide bonds. The van der Waals surface area contributed by atoms with Crippen LogP contribution in [0.3, 0.4) is 0 Å². The number of nitrogens with two attached hydrogens (primary N) is 1. The zero-order chi connectivity index (χ0) is 14.5. The summed E-state index contributed by atoms with van der Waals surface area (Å²) in [5, 5.41) is 3.38. The summed E-state index contributed by atoms with van der Waals surface area (Å²) >= 11 is 0. The predicted octanol–water partition coefficient (Wildman–Crippen LogP) is 2.18. The molecule has 2 rings (SSSR count). The molecule has 1 aromatic heterocycles. The molecule has 1 aliphatic heterocycles. The summed E-state index contributed by atoms with van der Waals surface area (Å²) in [4.78, 5) is 9.02. The fraction of sp³-hybridized carbons (Fsp3) is 0.714. The minimum Gasteiger partial charge on any atom is -0.376 e. The molecule has 0 spiro atoms. The SMILES string of the molecule is Cc1c(NN)nc(C(C)C)nc1NCC1CCCCO1. The molecular weight excluding hydrogens is 254 g/mol. The molecule has 0 aromatic carbocycles. The van der Waals surface area contributed by atoms with Crippen LogP contribution in [0.25, 0.3) is 0 Å². The average Bonchev–Trinajstić information content (AvgIpc) is 2.47. The van der Waals surface area contributed by atoms with E-state index in [0.717, 1.165) is 36.8 Å². The van der Waals surface area contributed by atoms with Gasteiger partial charge in [0.05, 0.1) is 6.10 Å². The number of hydrogen-bond donors (Lipinski definition) is 3. The summed E-state index contributed by atoms with van der Waals surface area (Å²) in [6.45, 7) is 7.74. The lowest BCUT2D eigenvalue weighted by atomic mass is 10.1. The maximum Gasteiger partial charge on any atom is 0.148 e. The number of anilines is 2. The molecule has 1 aliphatic rings. The number of nitrogen functional groups attached to an aromatic ring is 1. The molecule has 6 heteroatoms. The zero-order valence-electron chi connectivity index (χ0n) is 12.6. The number of hydrazine groups is 1. The van der Waals surface area contributed by atoms with Gasteiger partial charge in [-0.2, -0.15) is 0 Å². The molecule has 6 nitrogen and oxygen atoms in total. The van der Waals surface area contributed by atoms with Crippen LogP contribution in [0, 0.1) is 6.92 Å². The Morgan fingerprint density at radius 1 is 1.30 bits per heavy atom. The van der Waals surface area contributed by atoms with E-state index in [2.05, 4.69) is 34.6 Å². The van der Waals surface area contributed by atoms with Gasteiger partial charge >= 0.3 is 0 Å². The smallest absolute Gasteiger partial charge is 0.148 e. The van der Waals surface area contributed by atoms with E-state index < -0.39 is 0 Å². The molecule has 20 heavy (non-hydrogen) atoms. The number of nitrogens with zero attached hydrogens (tertiary/aromatic N) is 2. The van der Waals surface area contributed by atoms with Gasteiger partial charge in [-0.15, -0.1) is 0 Å². The van der Waals surface area contributed by atoms with Crippen molar-refractivity contribution in [2.24, 2.45) is 5.84 Å². The second-order valence-corrected chi connectivity index (χ2v) is 5.57. The standard InChI is InChI=1S/C14H25N5O/c1-9(2)12-17-13(10(3)14(18-12)19-15)16-8-11-6-4-5-7-20-11/h9,11H,4-8,15H2,1-3H3,(H2,16,17,18,19). The Bertz CT molecular complexity index is 443. The Hall–Kier alpha value is -1.40. The molecule has 112 valence electrons. The van der Waals surface area contributed by atoms with Gasteiger partial charge in [0.1, 0.15) is 17.5 Å². The van der Waals surface area contributed by atoms with E-state index in [1.807, 2.05) is 6.92 Å². The third kappa shape index (κ3) is 3.58. The van der Waals surface area contributed by atoms with Crippen molar-refractivity contribution < 1.29 is 4.74 Å². The summed E-state index contributed by atoms with van der Waals surface area (Å²) in [5.74, 6) is 8.10. The van der Waals surface area contributed by atoms with Crippen molar-refractivity contribution in [1.82, 2.24) is 9.97 Å². The van der Waals surface area contributed by atoms with Crippen LogP contribution in [-0.4, -0.2) is 29.2 Å². The molecule has 1 atom stereocenters. The highest BCUT2D eigenvalue weighted by Crippen LogP contribution is 2.23. The highest BCUT2D eigenvalue weighted by Gasteiger charge is 2.16. The predicted molar refractivity (Wildman–Crippen MR) is 80.7 cm³/mol. The van der Waals surface area contributed by atoms with E-state index in [9.17, 15) is 0 Å². The summed E-state index contributed by atoms with van der Waals surface area (Å²) in [6, 6.07) is 0. The van der Waals surface area contributed by atoms with Gasteiger partial charge in [0, 0.05) is 24.6 Å². The topological polar surface area (TPSA) is 85.1 Å². The summed E-state index contributed by atoms with van der Waals surface area (Å²) in [6.07, 6.45) is 3.79.